The van der Waals surface area contributed by atoms with Gasteiger partial charge in [-0.25, -0.2) is 8.42 Å². The molecule has 0 spiro atoms. The average molecular weight is 373 g/mol. The van der Waals surface area contributed by atoms with Crippen LogP contribution in [0.25, 0.3) is 0 Å². The molecule has 0 bridgehead atoms. The SMILES string of the molecule is COc1cccc(NS(=O)(=O)CC(C)C(=O)Nc2cccc(C#N)c2)c1. The van der Waals surface area contributed by atoms with Crippen LogP contribution in [0.1, 0.15) is 12.5 Å². The van der Waals surface area contributed by atoms with Crippen LogP contribution in [0, 0.1) is 17.2 Å². The van der Waals surface area contributed by atoms with E-state index < -0.39 is 21.8 Å². The Kier molecular flexibility index (Phi) is 6.20. The summed E-state index contributed by atoms with van der Waals surface area (Å²) in [6.45, 7) is 1.52. The predicted molar refractivity (Wildman–Crippen MR) is 99.4 cm³/mol. The molecule has 1 unspecified atom stereocenters. The molecule has 2 N–H and O–H groups in total. The molecule has 0 aliphatic heterocycles. The molecular weight excluding hydrogens is 354 g/mol. The number of ether oxygens (including phenoxy) is 1. The van der Waals surface area contributed by atoms with Crippen LogP contribution in [0.5, 0.6) is 5.75 Å². The molecule has 0 aliphatic carbocycles. The first-order chi connectivity index (χ1) is 12.3. The molecule has 136 valence electrons. The number of sulfonamides is 1. The molecule has 0 aliphatic rings. The number of nitrogens with one attached hydrogen (secondary N) is 2. The van der Waals surface area contributed by atoms with Gasteiger partial charge < -0.3 is 10.1 Å². The molecule has 8 heteroatoms. The Labute approximate surface area is 152 Å². The summed E-state index contributed by atoms with van der Waals surface area (Å²) in [5, 5.41) is 11.5. The molecule has 2 aromatic carbocycles. The van der Waals surface area contributed by atoms with E-state index >= 15 is 0 Å². The second-order valence-electron chi connectivity index (χ2n) is 5.70. The first-order valence-corrected chi connectivity index (χ1v) is 9.44. The van der Waals surface area contributed by atoms with Gasteiger partial charge in [-0.2, -0.15) is 5.26 Å². The van der Waals surface area contributed by atoms with E-state index in [4.69, 9.17) is 10.00 Å². The smallest absolute Gasteiger partial charge is 0.233 e. The van der Waals surface area contributed by atoms with E-state index in [2.05, 4.69) is 10.0 Å². The van der Waals surface area contributed by atoms with Crippen molar-refractivity contribution in [3.63, 3.8) is 0 Å². The first-order valence-electron chi connectivity index (χ1n) is 7.78. The number of hydrogen-bond acceptors (Lipinski definition) is 5. The van der Waals surface area contributed by atoms with Gasteiger partial charge in [-0.1, -0.05) is 19.1 Å². The summed E-state index contributed by atoms with van der Waals surface area (Å²) in [7, 11) is -2.24. The largest absolute Gasteiger partial charge is 0.497 e. The highest BCUT2D eigenvalue weighted by Gasteiger charge is 2.22. The Bertz CT molecular complexity index is 935. The number of nitrogens with zero attached hydrogens (tertiary/aromatic N) is 1. The molecule has 2 rings (SSSR count). The van der Waals surface area contributed by atoms with Crippen LogP contribution in [-0.2, 0) is 14.8 Å². The Balaban J connectivity index is 2.01. The van der Waals surface area contributed by atoms with E-state index in [1.54, 1.807) is 42.5 Å². The fourth-order valence-electron chi connectivity index (χ4n) is 2.24. The van der Waals surface area contributed by atoms with Gasteiger partial charge in [-0.3, -0.25) is 9.52 Å². The maximum absolute atomic E-state index is 12.3. The third kappa shape index (κ3) is 5.50. The van der Waals surface area contributed by atoms with Crippen LogP contribution in [0.3, 0.4) is 0 Å². The molecule has 0 fully saturated rings. The monoisotopic (exact) mass is 373 g/mol. The highest BCUT2D eigenvalue weighted by atomic mass is 32.2. The Hall–Kier alpha value is -3.05. The quantitative estimate of drug-likeness (QED) is 0.775. The maximum Gasteiger partial charge on any atom is 0.233 e. The number of benzene rings is 2. The highest BCUT2D eigenvalue weighted by molar-refractivity contribution is 7.92. The zero-order chi connectivity index (χ0) is 19.2. The number of rotatable bonds is 7. The van der Waals surface area contributed by atoms with Crippen molar-refractivity contribution in [1.29, 1.82) is 5.26 Å². The van der Waals surface area contributed by atoms with Gasteiger partial charge in [0.1, 0.15) is 5.75 Å². The van der Waals surface area contributed by atoms with Gasteiger partial charge in [0.25, 0.3) is 0 Å². The number of hydrogen-bond donors (Lipinski definition) is 2. The van der Waals surface area contributed by atoms with E-state index in [9.17, 15) is 13.2 Å². The van der Waals surface area contributed by atoms with Gasteiger partial charge in [0.05, 0.1) is 36.1 Å². The van der Waals surface area contributed by atoms with Crippen molar-refractivity contribution in [2.24, 2.45) is 5.92 Å². The molecule has 0 saturated carbocycles. The summed E-state index contributed by atoms with van der Waals surface area (Å²) < 4.78 is 32.1. The summed E-state index contributed by atoms with van der Waals surface area (Å²) >= 11 is 0. The lowest BCUT2D eigenvalue weighted by Gasteiger charge is -2.14. The molecule has 2 aromatic rings. The third-order valence-electron chi connectivity index (χ3n) is 3.52. The Morgan fingerprint density at radius 1 is 1.19 bits per heavy atom. The van der Waals surface area contributed by atoms with Crippen LogP contribution in [0.15, 0.2) is 48.5 Å². The molecule has 0 heterocycles. The zero-order valence-electron chi connectivity index (χ0n) is 14.4. The van der Waals surface area contributed by atoms with Crippen LogP contribution < -0.4 is 14.8 Å². The standard InChI is InChI=1S/C18H19N3O4S/c1-13(18(22)20-15-6-3-5-14(9-15)11-19)12-26(23,24)21-16-7-4-8-17(10-16)25-2/h3-10,13,21H,12H2,1-2H3,(H,20,22). The second kappa shape index (κ2) is 8.36. The van der Waals surface area contributed by atoms with E-state index in [1.807, 2.05) is 6.07 Å². The number of carbonyl (C=O) groups excluding carboxylic acids is 1. The van der Waals surface area contributed by atoms with Crippen molar-refractivity contribution in [1.82, 2.24) is 0 Å². The van der Waals surface area contributed by atoms with Gasteiger partial charge in [-0.05, 0) is 30.3 Å². The van der Waals surface area contributed by atoms with Crippen LogP contribution in [0.2, 0.25) is 0 Å². The lowest BCUT2D eigenvalue weighted by molar-refractivity contribution is -0.118. The summed E-state index contributed by atoms with van der Waals surface area (Å²) in [5.41, 5.74) is 1.21. The fourth-order valence-corrected chi connectivity index (χ4v) is 3.62. The third-order valence-corrected chi connectivity index (χ3v) is 5.00. The summed E-state index contributed by atoms with van der Waals surface area (Å²) in [5.74, 6) is -1.10. The molecule has 7 nitrogen and oxygen atoms in total. The van der Waals surface area contributed by atoms with E-state index in [0.29, 0.717) is 22.7 Å². The first kappa shape index (κ1) is 19.3. The number of methoxy groups -OCH3 is 1. The van der Waals surface area contributed by atoms with Crippen molar-refractivity contribution in [2.75, 3.05) is 22.9 Å². The molecule has 1 atom stereocenters. The number of anilines is 2. The second-order valence-corrected chi connectivity index (χ2v) is 7.47. The zero-order valence-corrected chi connectivity index (χ0v) is 15.2. The topological polar surface area (TPSA) is 108 Å². The molecule has 1 amide bonds. The number of amides is 1. The molecule has 0 radical (unpaired) electrons. The fraction of sp³-hybridized carbons (Fsp3) is 0.222. The lowest BCUT2D eigenvalue weighted by Crippen LogP contribution is -2.29. The van der Waals surface area contributed by atoms with Crippen molar-refractivity contribution in [3.8, 4) is 11.8 Å². The number of nitriles is 1. The van der Waals surface area contributed by atoms with Gasteiger partial charge in [0, 0.05) is 11.8 Å². The van der Waals surface area contributed by atoms with Crippen LogP contribution in [-0.4, -0.2) is 27.2 Å². The van der Waals surface area contributed by atoms with E-state index in [0.717, 1.165) is 0 Å². The summed E-state index contributed by atoms with van der Waals surface area (Å²) in [4.78, 5) is 12.2. The van der Waals surface area contributed by atoms with Gasteiger partial charge in [0.15, 0.2) is 0 Å². The minimum absolute atomic E-state index is 0.360. The van der Waals surface area contributed by atoms with E-state index in [-0.39, 0.29) is 5.75 Å². The van der Waals surface area contributed by atoms with Gasteiger partial charge >= 0.3 is 0 Å². The predicted octanol–water partition coefficient (Wildman–Crippen LogP) is 2.58. The summed E-state index contributed by atoms with van der Waals surface area (Å²) in [6, 6.07) is 14.9. The summed E-state index contributed by atoms with van der Waals surface area (Å²) in [6.07, 6.45) is 0. The average Bonchev–Trinajstić information content (AvgIpc) is 2.61. The minimum Gasteiger partial charge on any atom is -0.497 e. The van der Waals surface area contributed by atoms with Crippen molar-refractivity contribution >= 4 is 27.3 Å². The van der Waals surface area contributed by atoms with Crippen molar-refractivity contribution in [2.45, 2.75) is 6.92 Å². The Morgan fingerprint density at radius 2 is 1.88 bits per heavy atom. The number of carbonyl (C=O) groups is 1. The van der Waals surface area contributed by atoms with Crippen molar-refractivity contribution < 1.29 is 17.9 Å². The van der Waals surface area contributed by atoms with Gasteiger partial charge in [-0.15, -0.1) is 0 Å². The van der Waals surface area contributed by atoms with Crippen LogP contribution >= 0.6 is 0 Å². The van der Waals surface area contributed by atoms with Crippen LogP contribution in [0.4, 0.5) is 11.4 Å². The van der Waals surface area contributed by atoms with Crippen molar-refractivity contribution in [3.05, 3.63) is 54.1 Å². The molecule has 0 saturated heterocycles. The molecule has 26 heavy (non-hydrogen) atoms. The molecular formula is C18H19N3O4S. The molecule has 0 aromatic heterocycles. The highest BCUT2D eigenvalue weighted by Crippen LogP contribution is 2.19. The normalized spacial score (nSPS) is 11.9. The van der Waals surface area contributed by atoms with E-state index in [1.165, 1.54) is 20.1 Å². The maximum atomic E-state index is 12.3. The lowest BCUT2D eigenvalue weighted by atomic mass is 10.2. The minimum atomic E-state index is -3.73. The Morgan fingerprint density at radius 3 is 2.58 bits per heavy atom. The van der Waals surface area contributed by atoms with Gasteiger partial charge in [0.2, 0.25) is 15.9 Å².